The fourth-order valence-corrected chi connectivity index (χ4v) is 1.87. The predicted molar refractivity (Wildman–Crippen MR) is 77.8 cm³/mol. The van der Waals surface area contributed by atoms with Gasteiger partial charge in [-0.2, -0.15) is 0 Å². The lowest BCUT2D eigenvalue weighted by Gasteiger charge is -2.12. The van der Waals surface area contributed by atoms with E-state index in [1.807, 2.05) is 0 Å². The van der Waals surface area contributed by atoms with Crippen LogP contribution in [0.2, 0.25) is 0 Å². The van der Waals surface area contributed by atoms with Crippen LogP contribution < -0.4 is 9.47 Å². The quantitative estimate of drug-likeness (QED) is 0.888. The topological polar surface area (TPSA) is 38.7 Å². The molecule has 3 nitrogen and oxygen atoms in total. The molecule has 0 amide bonds. The minimum atomic E-state index is -0.436. The van der Waals surface area contributed by atoms with Crippen LogP contribution >= 0.6 is 15.9 Å². The first-order valence-corrected chi connectivity index (χ1v) is 6.88. The molecule has 1 N–H and O–H groups in total. The van der Waals surface area contributed by atoms with E-state index in [1.165, 1.54) is 6.07 Å². The maximum atomic E-state index is 13.6. The predicted octanol–water partition coefficient (Wildman–Crippen LogP) is 4.14. The number of hydrogen-bond acceptors (Lipinski definition) is 3. The highest BCUT2D eigenvalue weighted by molar-refractivity contribution is 9.10. The van der Waals surface area contributed by atoms with Crippen molar-refractivity contribution in [3.63, 3.8) is 0 Å². The molecule has 0 saturated heterocycles. The first-order chi connectivity index (χ1) is 9.58. The van der Waals surface area contributed by atoms with E-state index in [-0.39, 0.29) is 18.5 Å². The van der Waals surface area contributed by atoms with Crippen LogP contribution in [0.4, 0.5) is 4.39 Å². The summed E-state index contributed by atoms with van der Waals surface area (Å²) in [4.78, 5) is 0. The van der Waals surface area contributed by atoms with Crippen molar-refractivity contribution >= 4 is 15.9 Å². The Morgan fingerprint density at radius 2 is 1.80 bits per heavy atom. The Bertz CT molecular complexity index is 572. The molecule has 0 radical (unpaired) electrons. The van der Waals surface area contributed by atoms with Crippen molar-refractivity contribution in [3.8, 4) is 17.2 Å². The van der Waals surface area contributed by atoms with Crippen LogP contribution in [0, 0.1) is 5.82 Å². The lowest BCUT2D eigenvalue weighted by molar-refractivity contribution is 0.129. The Kier molecular flexibility index (Phi) is 4.98. The Morgan fingerprint density at radius 1 is 1.15 bits per heavy atom. The molecule has 5 heteroatoms. The van der Waals surface area contributed by atoms with E-state index in [1.54, 1.807) is 43.3 Å². The summed E-state index contributed by atoms with van der Waals surface area (Å²) in [6, 6.07) is 11.4. The number of aliphatic hydroxyl groups excluding tert-OH is 1. The van der Waals surface area contributed by atoms with Crippen molar-refractivity contribution < 1.29 is 19.0 Å². The summed E-state index contributed by atoms with van der Waals surface area (Å²) in [5, 5.41) is 8.90. The van der Waals surface area contributed by atoms with Gasteiger partial charge in [0.25, 0.3) is 0 Å². The highest BCUT2D eigenvalue weighted by Gasteiger charge is 2.06. The molecule has 0 aliphatic heterocycles. The number of aliphatic hydroxyl groups is 1. The molecule has 2 aromatic rings. The fraction of sp³-hybridized carbons (Fsp3) is 0.200. The number of hydrogen-bond donors (Lipinski definition) is 1. The zero-order chi connectivity index (χ0) is 14.5. The van der Waals surface area contributed by atoms with E-state index in [4.69, 9.17) is 14.6 Å². The second-order valence-electron chi connectivity index (χ2n) is 4.26. The monoisotopic (exact) mass is 340 g/mol. The van der Waals surface area contributed by atoms with E-state index < -0.39 is 5.82 Å². The molecular formula is C15H14BrFO3. The van der Waals surface area contributed by atoms with Gasteiger partial charge in [-0.3, -0.25) is 0 Å². The molecule has 0 bridgehead atoms. The van der Waals surface area contributed by atoms with Crippen molar-refractivity contribution in [2.45, 2.75) is 13.0 Å². The summed E-state index contributed by atoms with van der Waals surface area (Å²) >= 11 is 3.19. The number of rotatable bonds is 5. The molecule has 1 atom stereocenters. The van der Waals surface area contributed by atoms with Crippen molar-refractivity contribution in [2.24, 2.45) is 0 Å². The summed E-state index contributed by atoms with van der Waals surface area (Å²) in [5.74, 6) is 0.851. The molecule has 106 valence electrons. The summed E-state index contributed by atoms with van der Waals surface area (Å²) in [7, 11) is 0. The SMILES string of the molecule is CC(CO)Oc1ccc(Oc2ccc(Br)cc2F)cc1. The van der Waals surface area contributed by atoms with Gasteiger partial charge in [-0.15, -0.1) is 0 Å². The van der Waals surface area contributed by atoms with Gasteiger partial charge in [0.1, 0.15) is 17.6 Å². The standard InChI is InChI=1S/C15H14BrFO3/c1-10(9-18)19-12-3-5-13(6-4-12)20-15-7-2-11(16)8-14(15)17/h2-8,10,18H,9H2,1H3. The molecule has 2 rings (SSSR count). The second-order valence-corrected chi connectivity index (χ2v) is 5.17. The first kappa shape index (κ1) is 14.8. The fourth-order valence-electron chi connectivity index (χ4n) is 1.54. The minimum absolute atomic E-state index is 0.0532. The minimum Gasteiger partial charge on any atom is -0.488 e. The highest BCUT2D eigenvalue weighted by atomic mass is 79.9. The van der Waals surface area contributed by atoms with Crippen LogP contribution in [-0.2, 0) is 0 Å². The third-order valence-corrected chi connectivity index (χ3v) is 3.03. The van der Waals surface area contributed by atoms with Crippen LogP contribution in [0.25, 0.3) is 0 Å². The molecule has 20 heavy (non-hydrogen) atoms. The maximum Gasteiger partial charge on any atom is 0.166 e. The zero-order valence-corrected chi connectivity index (χ0v) is 12.4. The van der Waals surface area contributed by atoms with Gasteiger partial charge in [-0.25, -0.2) is 4.39 Å². The van der Waals surface area contributed by atoms with Crippen molar-refractivity contribution in [3.05, 3.63) is 52.8 Å². The molecule has 0 aliphatic rings. The van der Waals surface area contributed by atoms with E-state index in [0.29, 0.717) is 16.0 Å². The van der Waals surface area contributed by atoms with Gasteiger partial charge in [0.2, 0.25) is 0 Å². The summed E-state index contributed by atoms with van der Waals surface area (Å²) < 4.78 is 25.2. The van der Waals surface area contributed by atoms with E-state index in [0.717, 1.165) is 0 Å². The molecule has 0 heterocycles. The Labute approximate surface area is 125 Å². The van der Waals surface area contributed by atoms with Gasteiger partial charge in [0, 0.05) is 4.47 Å². The third kappa shape index (κ3) is 3.95. The zero-order valence-electron chi connectivity index (χ0n) is 10.8. The molecule has 0 aliphatic carbocycles. The molecule has 0 fully saturated rings. The Morgan fingerprint density at radius 3 is 2.40 bits per heavy atom. The smallest absolute Gasteiger partial charge is 0.166 e. The summed E-state index contributed by atoms with van der Waals surface area (Å²) in [5.41, 5.74) is 0. The molecule has 1 unspecified atom stereocenters. The maximum absolute atomic E-state index is 13.6. The van der Waals surface area contributed by atoms with Crippen molar-refractivity contribution in [1.29, 1.82) is 0 Å². The van der Waals surface area contributed by atoms with E-state index in [2.05, 4.69) is 15.9 Å². The number of ether oxygens (including phenoxy) is 2. The third-order valence-electron chi connectivity index (χ3n) is 2.54. The van der Waals surface area contributed by atoms with Crippen LogP contribution in [0.15, 0.2) is 46.9 Å². The highest BCUT2D eigenvalue weighted by Crippen LogP contribution is 2.28. The lowest BCUT2D eigenvalue weighted by atomic mass is 10.3. The van der Waals surface area contributed by atoms with Crippen LogP contribution in [0.1, 0.15) is 6.92 Å². The number of benzene rings is 2. The van der Waals surface area contributed by atoms with Gasteiger partial charge in [-0.05, 0) is 49.4 Å². The van der Waals surface area contributed by atoms with Crippen molar-refractivity contribution in [2.75, 3.05) is 6.61 Å². The molecular weight excluding hydrogens is 327 g/mol. The number of halogens is 2. The van der Waals surface area contributed by atoms with Crippen LogP contribution in [-0.4, -0.2) is 17.8 Å². The molecule has 0 saturated carbocycles. The van der Waals surface area contributed by atoms with Gasteiger partial charge in [-0.1, -0.05) is 15.9 Å². The first-order valence-electron chi connectivity index (χ1n) is 6.09. The molecule has 0 spiro atoms. The molecule has 0 aromatic heterocycles. The average molecular weight is 341 g/mol. The largest absolute Gasteiger partial charge is 0.488 e. The van der Waals surface area contributed by atoms with Crippen LogP contribution in [0.3, 0.4) is 0 Å². The normalized spacial score (nSPS) is 12.0. The van der Waals surface area contributed by atoms with Gasteiger partial charge in [0.15, 0.2) is 11.6 Å². The summed E-state index contributed by atoms with van der Waals surface area (Å²) in [6.07, 6.45) is -0.273. The van der Waals surface area contributed by atoms with E-state index in [9.17, 15) is 4.39 Å². The van der Waals surface area contributed by atoms with E-state index >= 15 is 0 Å². The van der Waals surface area contributed by atoms with Gasteiger partial charge in [0.05, 0.1) is 6.61 Å². The Balaban J connectivity index is 2.07. The average Bonchev–Trinajstić information content (AvgIpc) is 2.44. The second kappa shape index (κ2) is 6.72. The van der Waals surface area contributed by atoms with Crippen molar-refractivity contribution in [1.82, 2.24) is 0 Å². The van der Waals surface area contributed by atoms with Gasteiger partial charge >= 0.3 is 0 Å². The van der Waals surface area contributed by atoms with Crippen LogP contribution in [0.5, 0.6) is 17.2 Å². The Hall–Kier alpha value is -1.59. The summed E-state index contributed by atoms with van der Waals surface area (Å²) in [6.45, 7) is 1.71. The molecule has 2 aromatic carbocycles. The van der Waals surface area contributed by atoms with Gasteiger partial charge < -0.3 is 14.6 Å². The lowest BCUT2D eigenvalue weighted by Crippen LogP contribution is -2.15.